The van der Waals surface area contributed by atoms with E-state index in [2.05, 4.69) is 10.6 Å². The molecule has 2 heterocycles. The molecule has 2 aliphatic heterocycles. The predicted molar refractivity (Wildman–Crippen MR) is 97.0 cm³/mol. The van der Waals surface area contributed by atoms with Crippen LogP contribution >= 0.6 is 0 Å². The Morgan fingerprint density at radius 2 is 1.92 bits per heavy atom. The van der Waals surface area contributed by atoms with Gasteiger partial charge in [0.05, 0.1) is 0 Å². The van der Waals surface area contributed by atoms with Crippen molar-refractivity contribution >= 4 is 11.9 Å². The van der Waals surface area contributed by atoms with Crippen LogP contribution in [0.15, 0.2) is 30.3 Å². The number of nitrogens with zero attached hydrogens (tertiary/aromatic N) is 2. The van der Waals surface area contributed by atoms with Gasteiger partial charge in [-0.2, -0.15) is 0 Å². The van der Waals surface area contributed by atoms with E-state index in [1.807, 2.05) is 42.3 Å². The number of carbonyl (C=O) groups is 2. The fourth-order valence-corrected chi connectivity index (χ4v) is 3.60. The average molecular weight is 344 g/mol. The van der Waals surface area contributed by atoms with Crippen LogP contribution in [0, 0.1) is 5.92 Å². The maximum Gasteiger partial charge on any atom is 0.320 e. The second-order valence-corrected chi connectivity index (χ2v) is 7.08. The van der Waals surface area contributed by atoms with Gasteiger partial charge in [0.2, 0.25) is 5.91 Å². The highest BCUT2D eigenvalue weighted by molar-refractivity contribution is 5.80. The molecule has 0 spiro atoms. The topological polar surface area (TPSA) is 64.7 Å². The van der Waals surface area contributed by atoms with Gasteiger partial charge in [0.1, 0.15) is 0 Å². The number of nitrogens with one attached hydrogen (secondary N) is 2. The lowest BCUT2D eigenvalue weighted by Gasteiger charge is -2.34. The van der Waals surface area contributed by atoms with E-state index in [0.29, 0.717) is 19.6 Å². The minimum atomic E-state index is 0.0316. The number of amides is 3. The molecule has 2 N–H and O–H groups in total. The summed E-state index contributed by atoms with van der Waals surface area (Å²) in [7, 11) is 1.83. The lowest BCUT2D eigenvalue weighted by molar-refractivity contribution is -0.126. The molecule has 2 fully saturated rings. The van der Waals surface area contributed by atoms with E-state index in [-0.39, 0.29) is 23.9 Å². The molecule has 1 aromatic carbocycles. The number of urea groups is 1. The zero-order valence-corrected chi connectivity index (χ0v) is 14.9. The average Bonchev–Trinajstić information content (AvgIpc) is 3.15. The number of likely N-dealkylation sites (tertiary alicyclic amines) is 1. The van der Waals surface area contributed by atoms with Gasteiger partial charge in [-0.3, -0.25) is 4.79 Å². The summed E-state index contributed by atoms with van der Waals surface area (Å²) in [4.78, 5) is 28.6. The van der Waals surface area contributed by atoms with Crippen molar-refractivity contribution < 1.29 is 9.59 Å². The van der Waals surface area contributed by atoms with Gasteiger partial charge in [-0.25, -0.2) is 4.79 Å². The van der Waals surface area contributed by atoms with E-state index in [1.54, 1.807) is 4.90 Å². The molecule has 3 rings (SSSR count). The Morgan fingerprint density at radius 1 is 1.20 bits per heavy atom. The Bertz CT molecular complexity index is 578. The Hall–Kier alpha value is -2.08. The molecular formula is C19H28N4O2. The zero-order valence-electron chi connectivity index (χ0n) is 14.9. The molecule has 2 saturated heterocycles. The highest BCUT2D eigenvalue weighted by atomic mass is 16.2. The molecule has 0 saturated carbocycles. The first-order chi connectivity index (χ1) is 12.1. The zero-order chi connectivity index (χ0) is 17.6. The number of rotatable bonds is 4. The van der Waals surface area contributed by atoms with Crippen molar-refractivity contribution in [3.05, 3.63) is 35.9 Å². The van der Waals surface area contributed by atoms with Gasteiger partial charge in [0.25, 0.3) is 0 Å². The van der Waals surface area contributed by atoms with Gasteiger partial charge < -0.3 is 20.4 Å². The van der Waals surface area contributed by atoms with Crippen molar-refractivity contribution in [1.82, 2.24) is 20.4 Å². The Labute approximate surface area is 149 Å². The van der Waals surface area contributed by atoms with Gasteiger partial charge in [-0.15, -0.1) is 0 Å². The molecule has 0 bridgehead atoms. The molecule has 1 atom stereocenters. The van der Waals surface area contributed by atoms with E-state index in [0.717, 1.165) is 37.9 Å². The molecule has 3 amide bonds. The van der Waals surface area contributed by atoms with Crippen LogP contribution in [0.4, 0.5) is 4.79 Å². The molecule has 1 unspecified atom stereocenters. The van der Waals surface area contributed by atoms with Crippen LogP contribution in [0.2, 0.25) is 0 Å². The molecule has 136 valence electrons. The fraction of sp³-hybridized carbons (Fsp3) is 0.579. The van der Waals surface area contributed by atoms with E-state index < -0.39 is 0 Å². The maximum atomic E-state index is 12.6. The minimum absolute atomic E-state index is 0.0316. The number of piperidine rings is 1. The summed E-state index contributed by atoms with van der Waals surface area (Å²) >= 11 is 0. The largest absolute Gasteiger partial charge is 0.352 e. The molecular weight excluding hydrogens is 316 g/mol. The van der Waals surface area contributed by atoms with Crippen molar-refractivity contribution in [3.8, 4) is 0 Å². The molecule has 0 aliphatic carbocycles. The quantitative estimate of drug-likeness (QED) is 0.868. The molecule has 1 aromatic rings. The Morgan fingerprint density at radius 3 is 2.56 bits per heavy atom. The lowest BCUT2D eigenvalue weighted by atomic mass is 9.95. The van der Waals surface area contributed by atoms with Crippen molar-refractivity contribution in [1.29, 1.82) is 0 Å². The SMILES string of the molecule is CN(Cc1ccccc1)C(=O)N1CCC(C(=O)NC2CCNC2)CC1. The number of benzene rings is 1. The molecule has 6 nitrogen and oxygen atoms in total. The van der Waals surface area contributed by atoms with Crippen molar-refractivity contribution in [2.45, 2.75) is 31.8 Å². The minimum Gasteiger partial charge on any atom is -0.352 e. The third-order valence-electron chi connectivity index (χ3n) is 5.13. The second-order valence-electron chi connectivity index (χ2n) is 7.08. The molecule has 6 heteroatoms. The van der Waals surface area contributed by atoms with Gasteiger partial charge in [-0.05, 0) is 31.4 Å². The van der Waals surface area contributed by atoms with Gasteiger partial charge in [0, 0.05) is 45.2 Å². The van der Waals surface area contributed by atoms with Crippen LogP contribution in [0.3, 0.4) is 0 Å². The first-order valence-electron chi connectivity index (χ1n) is 9.18. The summed E-state index contributed by atoms with van der Waals surface area (Å²) in [5.41, 5.74) is 1.12. The molecule has 0 aromatic heterocycles. The summed E-state index contributed by atoms with van der Waals surface area (Å²) in [5.74, 6) is 0.183. The first-order valence-corrected chi connectivity index (χ1v) is 9.18. The Balaban J connectivity index is 1.44. The van der Waals surface area contributed by atoms with Crippen LogP contribution in [0.1, 0.15) is 24.8 Å². The van der Waals surface area contributed by atoms with Crippen LogP contribution in [0.5, 0.6) is 0 Å². The van der Waals surface area contributed by atoms with Crippen molar-refractivity contribution in [3.63, 3.8) is 0 Å². The summed E-state index contributed by atoms with van der Waals surface area (Å²) in [5, 5.41) is 6.39. The Kier molecular flexibility index (Phi) is 5.91. The van der Waals surface area contributed by atoms with E-state index >= 15 is 0 Å². The summed E-state index contributed by atoms with van der Waals surface area (Å²) in [6.07, 6.45) is 2.50. The summed E-state index contributed by atoms with van der Waals surface area (Å²) < 4.78 is 0. The standard InChI is InChI=1S/C19H28N4O2/c1-22(14-15-5-3-2-4-6-15)19(25)23-11-8-16(9-12-23)18(24)21-17-7-10-20-13-17/h2-6,16-17,20H,7-14H2,1H3,(H,21,24). The lowest BCUT2D eigenvalue weighted by Crippen LogP contribution is -2.48. The van der Waals surface area contributed by atoms with E-state index in [1.165, 1.54) is 0 Å². The van der Waals surface area contributed by atoms with Crippen molar-refractivity contribution in [2.24, 2.45) is 5.92 Å². The molecule has 25 heavy (non-hydrogen) atoms. The normalized spacial score (nSPS) is 21.2. The maximum absolute atomic E-state index is 12.6. The van der Waals surface area contributed by atoms with Crippen LogP contribution < -0.4 is 10.6 Å². The smallest absolute Gasteiger partial charge is 0.320 e. The highest BCUT2D eigenvalue weighted by Crippen LogP contribution is 2.19. The number of carbonyl (C=O) groups excluding carboxylic acids is 2. The number of hydrogen-bond acceptors (Lipinski definition) is 3. The monoisotopic (exact) mass is 344 g/mol. The van der Waals surface area contributed by atoms with Gasteiger partial charge >= 0.3 is 6.03 Å². The van der Waals surface area contributed by atoms with E-state index in [4.69, 9.17) is 0 Å². The third-order valence-corrected chi connectivity index (χ3v) is 5.13. The summed E-state index contributed by atoms with van der Waals surface area (Å²) in [6.45, 7) is 3.76. The van der Waals surface area contributed by atoms with Crippen molar-refractivity contribution in [2.75, 3.05) is 33.2 Å². The van der Waals surface area contributed by atoms with Gasteiger partial charge in [-0.1, -0.05) is 30.3 Å². The predicted octanol–water partition coefficient (Wildman–Crippen LogP) is 1.43. The highest BCUT2D eigenvalue weighted by Gasteiger charge is 2.30. The van der Waals surface area contributed by atoms with E-state index in [9.17, 15) is 9.59 Å². The van der Waals surface area contributed by atoms with Crippen LogP contribution in [-0.4, -0.2) is 61.0 Å². The van der Waals surface area contributed by atoms with Crippen LogP contribution in [0.25, 0.3) is 0 Å². The molecule has 2 aliphatic rings. The second kappa shape index (κ2) is 8.34. The third kappa shape index (κ3) is 4.72. The summed E-state index contributed by atoms with van der Waals surface area (Å²) in [6, 6.07) is 10.3. The number of hydrogen-bond donors (Lipinski definition) is 2. The van der Waals surface area contributed by atoms with Gasteiger partial charge in [0.15, 0.2) is 0 Å². The molecule has 0 radical (unpaired) electrons. The van der Waals surface area contributed by atoms with Crippen LogP contribution in [-0.2, 0) is 11.3 Å². The first kappa shape index (κ1) is 17.7. The fourth-order valence-electron chi connectivity index (χ4n) is 3.60.